The first-order valence-electron chi connectivity index (χ1n) is 12.3. The van der Waals surface area contributed by atoms with E-state index in [1.165, 1.54) is 22.5 Å². The van der Waals surface area contributed by atoms with Gasteiger partial charge in [0.1, 0.15) is 5.75 Å². The Morgan fingerprint density at radius 2 is 1.85 bits per heavy atom. The predicted molar refractivity (Wildman–Crippen MR) is 131 cm³/mol. The van der Waals surface area contributed by atoms with Crippen molar-refractivity contribution in [1.82, 2.24) is 4.90 Å². The van der Waals surface area contributed by atoms with E-state index in [-0.39, 0.29) is 17.1 Å². The van der Waals surface area contributed by atoms with E-state index in [1.807, 2.05) is 12.1 Å². The third-order valence-electron chi connectivity index (χ3n) is 7.46. The van der Waals surface area contributed by atoms with Gasteiger partial charge in [0.25, 0.3) is 0 Å². The van der Waals surface area contributed by atoms with Gasteiger partial charge in [0.15, 0.2) is 17.3 Å². The Bertz CT molecular complexity index is 1240. The summed E-state index contributed by atoms with van der Waals surface area (Å²) in [6, 6.07) is 12.4. The van der Waals surface area contributed by atoms with Crippen LogP contribution in [0, 0.1) is 5.41 Å². The predicted octanol–water partition coefficient (Wildman–Crippen LogP) is 5.50. The summed E-state index contributed by atoms with van der Waals surface area (Å²) in [7, 11) is 1.68. The molecule has 3 heterocycles. The zero-order valence-electron chi connectivity index (χ0n) is 20.1. The van der Waals surface area contributed by atoms with Gasteiger partial charge in [0.2, 0.25) is 0 Å². The molecule has 3 aliphatic heterocycles. The third-order valence-corrected chi connectivity index (χ3v) is 7.46. The first-order chi connectivity index (χ1) is 16.4. The van der Waals surface area contributed by atoms with Crippen LogP contribution in [-0.4, -0.2) is 37.6 Å². The molecule has 6 rings (SSSR count). The Morgan fingerprint density at radius 3 is 2.65 bits per heavy atom. The number of ketones is 1. The van der Waals surface area contributed by atoms with Crippen molar-refractivity contribution in [2.75, 3.05) is 26.9 Å². The van der Waals surface area contributed by atoms with Crippen molar-refractivity contribution in [1.29, 1.82) is 0 Å². The van der Waals surface area contributed by atoms with E-state index >= 15 is 0 Å². The Balaban J connectivity index is 1.53. The fourth-order valence-corrected chi connectivity index (χ4v) is 5.89. The molecule has 34 heavy (non-hydrogen) atoms. The molecule has 5 nitrogen and oxygen atoms in total. The number of hydrogen-bond donors (Lipinski definition) is 0. The van der Waals surface area contributed by atoms with E-state index in [9.17, 15) is 4.79 Å². The molecule has 2 aromatic carbocycles. The largest absolute Gasteiger partial charge is 0.497 e. The zero-order chi connectivity index (χ0) is 23.4. The lowest BCUT2D eigenvalue weighted by molar-refractivity contribution is -0.118. The minimum Gasteiger partial charge on any atom is -0.497 e. The SMILES string of the molecule is COc1cccc([C@H]2C=C3c4cc5c(cc4CCN3C3=C2C(=O)CC(C)(C)C3)OCCCO5)c1. The number of nitrogens with zero attached hydrogens (tertiary/aromatic N) is 1. The van der Waals surface area contributed by atoms with E-state index in [1.54, 1.807) is 7.11 Å². The molecule has 0 fully saturated rings. The number of carbonyl (C=O) groups is 1. The molecule has 0 aromatic heterocycles. The van der Waals surface area contributed by atoms with Crippen LogP contribution < -0.4 is 14.2 Å². The Hall–Kier alpha value is -3.21. The summed E-state index contributed by atoms with van der Waals surface area (Å²) in [5.41, 5.74) is 6.82. The Morgan fingerprint density at radius 1 is 1.06 bits per heavy atom. The van der Waals surface area contributed by atoms with Gasteiger partial charge in [-0.3, -0.25) is 4.79 Å². The average molecular weight is 458 g/mol. The minimum atomic E-state index is -0.0955. The van der Waals surface area contributed by atoms with E-state index in [2.05, 4.69) is 49.1 Å². The second-order valence-electron chi connectivity index (χ2n) is 10.5. The topological polar surface area (TPSA) is 48.0 Å². The van der Waals surface area contributed by atoms with E-state index in [0.717, 1.165) is 54.2 Å². The Kier molecular flexibility index (Phi) is 4.98. The van der Waals surface area contributed by atoms with Crippen LogP contribution in [0.2, 0.25) is 0 Å². The number of Topliss-reactive ketones (excluding diaryl/α,β-unsaturated/α-hetero) is 1. The molecule has 5 heteroatoms. The van der Waals surface area contributed by atoms with Gasteiger partial charge in [-0.1, -0.05) is 26.0 Å². The third kappa shape index (κ3) is 3.49. The fourth-order valence-electron chi connectivity index (χ4n) is 5.89. The van der Waals surface area contributed by atoms with Gasteiger partial charge >= 0.3 is 0 Å². The molecule has 0 saturated carbocycles. The highest BCUT2D eigenvalue weighted by molar-refractivity contribution is 6.01. The van der Waals surface area contributed by atoms with Crippen LogP contribution in [0.3, 0.4) is 0 Å². The second-order valence-corrected chi connectivity index (χ2v) is 10.5. The minimum absolute atomic E-state index is 0.0533. The first-order valence-corrected chi connectivity index (χ1v) is 12.3. The number of methoxy groups -OCH3 is 1. The van der Waals surface area contributed by atoms with Crippen LogP contribution in [0.1, 0.15) is 55.7 Å². The van der Waals surface area contributed by atoms with Gasteiger partial charge in [0.05, 0.1) is 20.3 Å². The average Bonchev–Trinajstić information content (AvgIpc) is 3.06. The lowest BCUT2D eigenvalue weighted by Gasteiger charge is -2.46. The number of allylic oxidation sites excluding steroid dienone is 3. The number of benzene rings is 2. The first kappa shape index (κ1) is 21.3. The highest BCUT2D eigenvalue weighted by Crippen LogP contribution is 2.51. The van der Waals surface area contributed by atoms with Crippen LogP contribution in [-0.2, 0) is 11.2 Å². The Labute approximate surface area is 201 Å². The van der Waals surface area contributed by atoms with Gasteiger partial charge in [-0.05, 0) is 59.7 Å². The summed E-state index contributed by atoms with van der Waals surface area (Å²) >= 11 is 0. The smallest absolute Gasteiger partial charge is 0.162 e. The van der Waals surface area contributed by atoms with Crippen LogP contribution >= 0.6 is 0 Å². The van der Waals surface area contributed by atoms with Crippen molar-refractivity contribution in [2.24, 2.45) is 5.41 Å². The number of rotatable bonds is 2. The van der Waals surface area contributed by atoms with E-state index < -0.39 is 0 Å². The molecule has 0 bridgehead atoms. The molecular weight excluding hydrogens is 426 g/mol. The summed E-state index contributed by atoms with van der Waals surface area (Å²) in [5.74, 6) is 2.64. The molecule has 4 aliphatic rings. The van der Waals surface area contributed by atoms with Crippen LogP contribution in [0.5, 0.6) is 17.2 Å². The standard InChI is InChI=1S/C29H31NO4/c1-29(2)16-24-28(25(31)17-29)22(18-6-4-7-20(12-18)32-3)14-23-21-15-27-26(33-10-5-11-34-27)13-19(21)8-9-30(23)24/h4,6-7,12-15,22H,5,8-11,16-17H2,1-3H3/t22-/m1/s1. The second kappa shape index (κ2) is 7.93. The molecular formula is C29H31NO4. The quantitative estimate of drug-likeness (QED) is 0.596. The molecule has 0 radical (unpaired) electrons. The summed E-state index contributed by atoms with van der Waals surface area (Å²) in [5, 5.41) is 0. The number of ether oxygens (including phenoxy) is 3. The number of hydrogen-bond acceptors (Lipinski definition) is 5. The molecule has 0 amide bonds. The van der Waals surface area contributed by atoms with Crippen molar-refractivity contribution in [3.05, 3.63) is 70.4 Å². The van der Waals surface area contributed by atoms with Crippen LogP contribution in [0.4, 0.5) is 0 Å². The summed E-state index contributed by atoms with van der Waals surface area (Å²) in [6.45, 7) is 6.63. The molecule has 1 atom stereocenters. The van der Waals surface area contributed by atoms with Gasteiger partial charge < -0.3 is 19.1 Å². The molecule has 176 valence electrons. The summed E-state index contributed by atoms with van der Waals surface area (Å²) < 4.78 is 17.5. The van der Waals surface area contributed by atoms with Gasteiger partial charge in [0, 0.05) is 47.8 Å². The lowest BCUT2D eigenvalue weighted by Crippen LogP contribution is -2.40. The fraction of sp³-hybridized carbons (Fsp3) is 0.414. The van der Waals surface area contributed by atoms with Crippen molar-refractivity contribution in [2.45, 2.75) is 45.4 Å². The van der Waals surface area contributed by atoms with Crippen molar-refractivity contribution < 1.29 is 19.0 Å². The zero-order valence-corrected chi connectivity index (χ0v) is 20.1. The molecule has 1 aliphatic carbocycles. The van der Waals surface area contributed by atoms with E-state index in [0.29, 0.717) is 19.6 Å². The molecule has 2 aromatic rings. The monoisotopic (exact) mass is 457 g/mol. The number of fused-ring (bicyclic) bond motifs is 5. The summed E-state index contributed by atoms with van der Waals surface area (Å²) in [4.78, 5) is 16.0. The highest BCUT2D eigenvalue weighted by Gasteiger charge is 2.42. The van der Waals surface area contributed by atoms with Crippen LogP contribution in [0.15, 0.2) is 53.7 Å². The van der Waals surface area contributed by atoms with Gasteiger partial charge in [-0.2, -0.15) is 0 Å². The highest BCUT2D eigenvalue weighted by atomic mass is 16.5. The van der Waals surface area contributed by atoms with Gasteiger partial charge in [-0.25, -0.2) is 0 Å². The maximum absolute atomic E-state index is 13.6. The molecule has 0 N–H and O–H groups in total. The maximum atomic E-state index is 13.6. The summed E-state index contributed by atoms with van der Waals surface area (Å²) in [6.07, 6.45) is 5.56. The van der Waals surface area contributed by atoms with Gasteiger partial charge in [-0.15, -0.1) is 0 Å². The molecule has 0 spiro atoms. The number of carbonyl (C=O) groups excluding carboxylic acids is 1. The maximum Gasteiger partial charge on any atom is 0.162 e. The normalized spacial score (nSPS) is 22.8. The molecule has 0 saturated heterocycles. The van der Waals surface area contributed by atoms with Crippen molar-refractivity contribution >= 4 is 11.5 Å². The lowest BCUT2D eigenvalue weighted by atomic mass is 9.69. The van der Waals surface area contributed by atoms with E-state index in [4.69, 9.17) is 14.2 Å². The van der Waals surface area contributed by atoms with Crippen molar-refractivity contribution in [3.63, 3.8) is 0 Å². The molecule has 0 unspecified atom stereocenters. The van der Waals surface area contributed by atoms with Crippen LogP contribution in [0.25, 0.3) is 5.70 Å². The van der Waals surface area contributed by atoms with Crippen molar-refractivity contribution in [3.8, 4) is 17.2 Å².